The van der Waals surface area contributed by atoms with Gasteiger partial charge in [0.15, 0.2) is 0 Å². The predicted octanol–water partition coefficient (Wildman–Crippen LogP) is 1.86. The number of carbonyl (C=O) groups is 1. The Morgan fingerprint density at radius 1 is 1.25 bits per heavy atom. The van der Waals surface area contributed by atoms with Gasteiger partial charge in [0.1, 0.15) is 6.61 Å². The first kappa shape index (κ1) is 15.4. The van der Waals surface area contributed by atoms with Crippen LogP contribution in [0.2, 0.25) is 0 Å². The molecule has 1 unspecified atom stereocenters. The highest BCUT2D eigenvalue weighted by atomic mass is 16.6. The Morgan fingerprint density at radius 3 is 2.62 bits per heavy atom. The van der Waals surface area contributed by atoms with Gasteiger partial charge in [-0.2, -0.15) is 0 Å². The Kier molecular flexibility index (Phi) is 10.5. The van der Waals surface area contributed by atoms with Gasteiger partial charge >= 0.3 is 5.97 Å². The van der Waals surface area contributed by atoms with Crippen molar-refractivity contribution in [2.75, 3.05) is 19.8 Å². The third kappa shape index (κ3) is 11.5. The summed E-state index contributed by atoms with van der Waals surface area (Å²) in [5.41, 5.74) is 5.57. The van der Waals surface area contributed by atoms with Crippen LogP contribution < -0.4 is 5.73 Å². The summed E-state index contributed by atoms with van der Waals surface area (Å²) < 4.78 is 10.3. The van der Waals surface area contributed by atoms with Crippen LogP contribution in [0.25, 0.3) is 0 Å². The summed E-state index contributed by atoms with van der Waals surface area (Å²) in [6.07, 6.45) is 4.30. The van der Waals surface area contributed by atoms with E-state index >= 15 is 0 Å². The van der Waals surface area contributed by atoms with Crippen molar-refractivity contribution in [1.29, 1.82) is 0 Å². The molecule has 4 heteroatoms. The number of esters is 1. The van der Waals surface area contributed by atoms with Gasteiger partial charge in [-0.3, -0.25) is 4.79 Å². The van der Waals surface area contributed by atoms with Crippen molar-refractivity contribution in [2.24, 2.45) is 5.73 Å². The van der Waals surface area contributed by atoms with Crippen LogP contribution in [0, 0.1) is 0 Å². The van der Waals surface area contributed by atoms with Crippen LogP contribution in [0.4, 0.5) is 0 Å². The van der Waals surface area contributed by atoms with E-state index in [-0.39, 0.29) is 12.0 Å². The third-order valence-corrected chi connectivity index (χ3v) is 2.17. The van der Waals surface area contributed by atoms with Crippen molar-refractivity contribution in [2.45, 2.75) is 52.0 Å². The Balaban J connectivity index is 3.17. The van der Waals surface area contributed by atoms with E-state index in [1.165, 1.54) is 0 Å². The second-order valence-electron chi connectivity index (χ2n) is 4.06. The molecule has 0 saturated carbocycles. The zero-order valence-electron chi connectivity index (χ0n) is 10.5. The minimum absolute atomic E-state index is 0.153. The molecule has 0 aromatic rings. The van der Waals surface area contributed by atoms with Gasteiger partial charge in [-0.15, -0.1) is 0 Å². The van der Waals surface area contributed by atoms with Gasteiger partial charge < -0.3 is 15.2 Å². The minimum atomic E-state index is -0.153. The van der Waals surface area contributed by atoms with Gasteiger partial charge in [-0.25, -0.2) is 0 Å². The number of carbonyl (C=O) groups excluding carboxylic acids is 1. The molecule has 0 radical (unpaired) electrons. The van der Waals surface area contributed by atoms with E-state index in [1.807, 2.05) is 6.92 Å². The topological polar surface area (TPSA) is 61.5 Å². The lowest BCUT2D eigenvalue weighted by Crippen LogP contribution is -2.16. The number of rotatable bonds is 10. The average Bonchev–Trinajstić information content (AvgIpc) is 2.22. The highest BCUT2D eigenvalue weighted by molar-refractivity contribution is 5.69. The van der Waals surface area contributed by atoms with Crippen molar-refractivity contribution < 1.29 is 14.3 Å². The minimum Gasteiger partial charge on any atom is -0.463 e. The molecule has 0 rings (SSSR count). The maximum Gasteiger partial charge on any atom is 0.305 e. The maximum absolute atomic E-state index is 11.2. The zero-order chi connectivity index (χ0) is 12.2. The monoisotopic (exact) mass is 231 g/mol. The molecule has 0 spiro atoms. The first-order chi connectivity index (χ1) is 7.66. The number of unbranched alkanes of at least 4 members (excludes halogenated alkanes) is 1. The largest absolute Gasteiger partial charge is 0.463 e. The lowest BCUT2D eigenvalue weighted by Gasteiger charge is -2.06. The molecule has 1 atom stereocenters. The molecule has 0 fully saturated rings. The van der Waals surface area contributed by atoms with Gasteiger partial charge in [-0.05, 0) is 26.2 Å². The van der Waals surface area contributed by atoms with Gasteiger partial charge in [-0.1, -0.05) is 13.3 Å². The first-order valence-corrected chi connectivity index (χ1v) is 6.15. The van der Waals surface area contributed by atoms with E-state index in [9.17, 15) is 4.79 Å². The smallest absolute Gasteiger partial charge is 0.305 e. The molecule has 0 aliphatic carbocycles. The third-order valence-electron chi connectivity index (χ3n) is 2.17. The van der Waals surface area contributed by atoms with Crippen molar-refractivity contribution in [3.8, 4) is 0 Å². The van der Waals surface area contributed by atoms with Crippen molar-refractivity contribution in [3.05, 3.63) is 0 Å². The molecule has 4 nitrogen and oxygen atoms in total. The standard InChI is InChI=1S/C12H25NO3/c1-3-4-8-15-9-10-16-12(14)7-5-6-11(2)13/h11H,3-10,13H2,1-2H3. The summed E-state index contributed by atoms with van der Waals surface area (Å²) in [4.78, 5) is 11.2. The zero-order valence-corrected chi connectivity index (χ0v) is 10.5. The highest BCUT2D eigenvalue weighted by Crippen LogP contribution is 2.00. The summed E-state index contributed by atoms with van der Waals surface area (Å²) in [6, 6.07) is 0.158. The van der Waals surface area contributed by atoms with Crippen LogP contribution in [0.1, 0.15) is 46.0 Å². The van der Waals surface area contributed by atoms with Crippen LogP contribution in [-0.4, -0.2) is 31.8 Å². The Labute approximate surface area is 98.5 Å². The summed E-state index contributed by atoms with van der Waals surface area (Å²) in [7, 11) is 0. The van der Waals surface area contributed by atoms with E-state index in [1.54, 1.807) is 0 Å². The van der Waals surface area contributed by atoms with Gasteiger partial charge in [0.05, 0.1) is 6.61 Å². The van der Waals surface area contributed by atoms with Crippen molar-refractivity contribution >= 4 is 5.97 Å². The molecular formula is C12H25NO3. The van der Waals surface area contributed by atoms with Gasteiger partial charge in [0.2, 0.25) is 0 Å². The summed E-state index contributed by atoms with van der Waals surface area (Å²) >= 11 is 0. The van der Waals surface area contributed by atoms with Gasteiger partial charge in [0, 0.05) is 19.1 Å². The lowest BCUT2D eigenvalue weighted by molar-refractivity contribution is -0.145. The number of hydrogen-bond donors (Lipinski definition) is 1. The Hall–Kier alpha value is -0.610. The molecule has 2 N–H and O–H groups in total. The van der Waals surface area contributed by atoms with Crippen LogP contribution in [0.3, 0.4) is 0 Å². The van der Waals surface area contributed by atoms with E-state index in [2.05, 4.69) is 6.92 Å². The van der Waals surface area contributed by atoms with Crippen molar-refractivity contribution in [1.82, 2.24) is 0 Å². The van der Waals surface area contributed by atoms with Crippen LogP contribution in [-0.2, 0) is 14.3 Å². The molecule has 0 amide bonds. The molecule has 0 bridgehead atoms. The van der Waals surface area contributed by atoms with Crippen LogP contribution >= 0.6 is 0 Å². The molecule has 0 aromatic carbocycles. The fourth-order valence-corrected chi connectivity index (χ4v) is 1.20. The molecule has 0 heterocycles. The Morgan fingerprint density at radius 2 is 2.00 bits per heavy atom. The van der Waals surface area contributed by atoms with Crippen LogP contribution in [0.5, 0.6) is 0 Å². The number of hydrogen-bond acceptors (Lipinski definition) is 4. The molecule has 0 saturated heterocycles. The SMILES string of the molecule is CCCCOCCOC(=O)CCCC(C)N. The molecular weight excluding hydrogens is 206 g/mol. The average molecular weight is 231 g/mol. The number of nitrogens with two attached hydrogens (primary N) is 1. The second kappa shape index (κ2) is 10.9. The summed E-state index contributed by atoms with van der Waals surface area (Å²) in [6.45, 7) is 5.66. The number of ether oxygens (including phenoxy) is 2. The maximum atomic E-state index is 11.2. The molecule has 16 heavy (non-hydrogen) atoms. The van der Waals surface area contributed by atoms with Crippen molar-refractivity contribution in [3.63, 3.8) is 0 Å². The molecule has 0 aliphatic heterocycles. The van der Waals surface area contributed by atoms with E-state index in [0.29, 0.717) is 19.6 Å². The predicted molar refractivity (Wildman–Crippen MR) is 64.2 cm³/mol. The summed E-state index contributed by atoms with van der Waals surface area (Å²) in [5, 5.41) is 0. The molecule has 0 aliphatic rings. The van der Waals surface area contributed by atoms with E-state index < -0.39 is 0 Å². The first-order valence-electron chi connectivity index (χ1n) is 6.15. The van der Waals surface area contributed by atoms with E-state index in [4.69, 9.17) is 15.2 Å². The molecule has 0 aromatic heterocycles. The lowest BCUT2D eigenvalue weighted by atomic mass is 10.1. The second-order valence-corrected chi connectivity index (χ2v) is 4.06. The Bertz CT molecular complexity index is 172. The van der Waals surface area contributed by atoms with Crippen LogP contribution in [0.15, 0.2) is 0 Å². The summed E-state index contributed by atoms with van der Waals surface area (Å²) in [5.74, 6) is -0.153. The molecule has 96 valence electrons. The highest BCUT2D eigenvalue weighted by Gasteiger charge is 2.03. The van der Waals surface area contributed by atoms with Gasteiger partial charge in [0.25, 0.3) is 0 Å². The van der Waals surface area contributed by atoms with E-state index in [0.717, 1.165) is 32.3 Å². The quantitative estimate of drug-likeness (QED) is 0.460. The fourth-order valence-electron chi connectivity index (χ4n) is 1.20. The normalized spacial score (nSPS) is 12.4. The fraction of sp³-hybridized carbons (Fsp3) is 0.917.